The van der Waals surface area contributed by atoms with Crippen LogP contribution in [0.1, 0.15) is 12.5 Å². The first kappa shape index (κ1) is 21.4. The number of rotatable bonds is 5. The number of ether oxygens (including phenoxy) is 1. The standard InChI is InChI=1S/C18H23N6O2.U/c1-23(2)18(20)22-17(10-16(19)25)21-14-4-3-5-15-13(14)6-8-24(15)12-7-9-26-11-12;/h3-6,8,12H,7,9,11H2,1-2H3,(H5,19,20,21,22,25);/q-1;+2/p-1/t12-;/m1./s1. The van der Waals surface area contributed by atoms with E-state index in [0.29, 0.717) is 12.6 Å². The average molecular weight is 592 g/mol. The number of carbonyl (C=O) groups is 1. The molecule has 140 valence electrons. The van der Waals surface area contributed by atoms with Crippen LogP contribution in [-0.2, 0) is 9.53 Å². The van der Waals surface area contributed by atoms with Gasteiger partial charge in [0.15, 0.2) is 0 Å². The number of hydrogen-bond acceptors (Lipinski definition) is 4. The van der Waals surface area contributed by atoms with Gasteiger partial charge in [0, 0.05) is 29.8 Å². The summed E-state index contributed by atoms with van der Waals surface area (Å²) in [4.78, 5) is 16.9. The van der Waals surface area contributed by atoms with E-state index in [9.17, 15) is 4.79 Å². The van der Waals surface area contributed by atoms with E-state index in [-0.39, 0.29) is 42.9 Å². The van der Waals surface area contributed by atoms with Crippen LogP contribution in [0.4, 0.5) is 5.69 Å². The third kappa shape index (κ3) is 5.07. The van der Waals surface area contributed by atoms with Gasteiger partial charge < -0.3 is 46.9 Å². The molecule has 4 N–H and O–H groups in total. The van der Waals surface area contributed by atoms with Gasteiger partial charge in [0.25, 0.3) is 0 Å². The molecule has 1 aromatic carbocycles. The molecule has 1 amide bonds. The summed E-state index contributed by atoms with van der Waals surface area (Å²) in [7, 11) is 3.39. The summed E-state index contributed by atoms with van der Waals surface area (Å²) in [5, 5.41) is 4.05. The molecule has 0 saturated carbocycles. The van der Waals surface area contributed by atoms with Crippen LogP contribution in [0, 0.1) is 37.2 Å². The molecule has 0 spiro atoms. The Morgan fingerprint density at radius 1 is 1.44 bits per heavy atom. The van der Waals surface area contributed by atoms with Crippen molar-refractivity contribution in [3.63, 3.8) is 0 Å². The topological polar surface area (TPSA) is 109 Å². The first-order valence-corrected chi connectivity index (χ1v) is 8.31. The fourth-order valence-electron chi connectivity index (χ4n) is 2.89. The summed E-state index contributed by atoms with van der Waals surface area (Å²) in [6, 6.07) is 8.18. The molecule has 0 unspecified atom stereocenters. The number of fused-ring (bicyclic) bond motifs is 1. The van der Waals surface area contributed by atoms with E-state index in [1.165, 1.54) is 4.90 Å². The van der Waals surface area contributed by atoms with E-state index < -0.39 is 5.91 Å². The smallest absolute Gasteiger partial charge is 0.432 e. The van der Waals surface area contributed by atoms with E-state index in [1.807, 2.05) is 30.5 Å². The Morgan fingerprint density at radius 3 is 2.85 bits per heavy atom. The van der Waals surface area contributed by atoms with Gasteiger partial charge in [-0.15, -0.1) is 5.82 Å². The van der Waals surface area contributed by atoms with Crippen LogP contribution in [0.25, 0.3) is 16.6 Å². The van der Waals surface area contributed by atoms with Crippen LogP contribution in [0.2, 0.25) is 0 Å². The SMILES string of the molecule is CN(C)/C([NH-])=N/C(=[C-]C(N)=O)Nc1cccc2c1ccn2[C@@H]1CCOC1.[U+2]. The van der Waals surface area contributed by atoms with Crippen molar-refractivity contribution in [1.82, 2.24) is 9.47 Å². The second-order valence-corrected chi connectivity index (χ2v) is 6.27. The Kier molecular flexibility index (Phi) is 7.36. The molecule has 3 rings (SSSR count). The van der Waals surface area contributed by atoms with Crippen LogP contribution in [0.15, 0.2) is 41.3 Å². The monoisotopic (exact) mass is 592 g/mol. The van der Waals surface area contributed by atoms with Crippen molar-refractivity contribution in [1.29, 1.82) is 0 Å². The number of amides is 1. The normalized spacial score (nSPS) is 17.6. The summed E-state index contributed by atoms with van der Waals surface area (Å²) in [6.07, 6.45) is 5.44. The molecule has 27 heavy (non-hydrogen) atoms. The molecule has 2 aromatic rings. The van der Waals surface area contributed by atoms with Gasteiger partial charge in [0.05, 0.1) is 24.1 Å². The number of primary amides is 1. The molecule has 0 aliphatic carbocycles. The maximum absolute atomic E-state index is 11.3. The van der Waals surface area contributed by atoms with E-state index in [2.05, 4.69) is 21.0 Å². The Balaban J connectivity index is 0.00000261. The molecule has 1 atom stereocenters. The van der Waals surface area contributed by atoms with Gasteiger partial charge in [-0.3, -0.25) is 0 Å². The van der Waals surface area contributed by atoms with E-state index in [0.717, 1.165) is 29.6 Å². The summed E-state index contributed by atoms with van der Waals surface area (Å²) in [5.41, 5.74) is 14.9. The number of nitrogens with one attached hydrogen (secondary N) is 2. The van der Waals surface area contributed by atoms with Crippen molar-refractivity contribution < 1.29 is 40.6 Å². The molecule has 1 fully saturated rings. The van der Waals surface area contributed by atoms with Crippen molar-refractivity contribution in [3.8, 4) is 0 Å². The zero-order chi connectivity index (χ0) is 18.7. The number of aliphatic imine (C=N–C) groups is 1. The maximum Gasteiger partial charge on any atom is 2.00 e. The minimum atomic E-state index is -0.754. The van der Waals surface area contributed by atoms with E-state index in [1.54, 1.807) is 14.1 Å². The molecule has 1 aliphatic heterocycles. The summed E-state index contributed by atoms with van der Waals surface area (Å²) >= 11 is 0. The molecular weight excluding hydrogens is 570 g/mol. The minimum absolute atomic E-state index is 0. The number of benzene rings is 1. The third-order valence-corrected chi connectivity index (χ3v) is 4.20. The van der Waals surface area contributed by atoms with Crippen LogP contribution in [-0.4, -0.2) is 48.6 Å². The van der Waals surface area contributed by atoms with Gasteiger partial charge in [0.1, 0.15) is 0 Å². The molecule has 9 heteroatoms. The first-order chi connectivity index (χ1) is 12.5. The molecule has 0 radical (unpaired) electrons. The third-order valence-electron chi connectivity index (χ3n) is 4.20. The van der Waals surface area contributed by atoms with Crippen LogP contribution < -0.4 is 11.1 Å². The number of hydrogen-bond donors (Lipinski definition) is 2. The Bertz CT molecular complexity index is 868. The summed E-state index contributed by atoms with van der Waals surface area (Å²) in [5.74, 6) is -0.676. The Labute approximate surface area is 182 Å². The minimum Gasteiger partial charge on any atom is -0.432 e. The number of carbonyl (C=O) groups excluding carboxylic acids is 1. The van der Waals surface area contributed by atoms with Gasteiger partial charge in [-0.2, -0.15) is 0 Å². The summed E-state index contributed by atoms with van der Waals surface area (Å²) in [6.45, 7) is 1.48. The van der Waals surface area contributed by atoms with Gasteiger partial charge in [-0.25, -0.2) is 0 Å². The average Bonchev–Trinajstić information content (AvgIpc) is 3.23. The maximum atomic E-state index is 11.3. The van der Waals surface area contributed by atoms with E-state index >= 15 is 0 Å². The predicted octanol–water partition coefficient (Wildman–Crippen LogP) is 2.11. The van der Waals surface area contributed by atoms with Crippen molar-refractivity contribution in [3.05, 3.63) is 48.1 Å². The fourth-order valence-corrected chi connectivity index (χ4v) is 2.89. The second kappa shape index (κ2) is 9.31. The van der Waals surface area contributed by atoms with Gasteiger partial charge >= 0.3 is 31.1 Å². The van der Waals surface area contributed by atoms with Crippen LogP contribution in [0.3, 0.4) is 0 Å². The quantitative estimate of drug-likeness (QED) is 0.240. The molecule has 0 bridgehead atoms. The molecular formula is C18H22N6O2U. The predicted molar refractivity (Wildman–Crippen MR) is 101 cm³/mol. The number of nitrogens with two attached hydrogens (primary N) is 1. The largest absolute Gasteiger partial charge is 2.00 e. The summed E-state index contributed by atoms with van der Waals surface area (Å²) < 4.78 is 7.69. The molecule has 1 aromatic heterocycles. The van der Waals surface area contributed by atoms with E-state index in [4.69, 9.17) is 16.2 Å². The van der Waals surface area contributed by atoms with Gasteiger partial charge in [-0.1, -0.05) is 6.07 Å². The number of guanidine groups is 1. The number of aromatic nitrogens is 1. The van der Waals surface area contributed by atoms with Gasteiger partial charge in [-0.05, 0) is 38.7 Å². The first-order valence-electron chi connectivity index (χ1n) is 8.31. The molecule has 1 saturated heterocycles. The Hall–Kier alpha value is -1.95. The van der Waals surface area contributed by atoms with Crippen molar-refractivity contribution in [2.24, 2.45) is 10.7 Å². The molecule has 2 heterocycles. The van der Waals surface area contributed by atoms with Crippen molar-refractivity contribution in [2.45, 2.75) is 12.5 Å². The number of anilines is 1. The van der Waals surface area contributed by atoms with Crippen LogP contribution in [0.5, 0.6) is 0 Å². The van der Waals surface area contributed by atoms with Crippen LogP contribution >= 0.6 is 0 Å². The molecule has 1 aliphatic rings. The second-order valence-electron chi connectivity index (χ2n) is 6.27. The fraction of sp³-hybridized carbons (Fsp3) is 0.333. The zero-order valence-corrected chi connectivity index (χ0v) is 19.5. The van der Waals surface area contributed by atoms with Gasteiger partial charge in [0.2, 0.25) is 0 Å². The van der Waals surface area contributed by atoms with Crippen molar-refractivity contribution >= 4 is 28.5 Å². The molecule has 8 nitrogen and oxygen atoms in total. The van der Waals surface area contributed by atoms with Crippen molar-refractivity contribution in [2.75, 3.05) is 32.6 Å². The zero-order valence-electron chi connectivity index (χ0n) is 15.3. The Morgan fingerprint density at radius 2 is 2.22 bits per heavy atom. The number of nitrogens with zero attached hydrogens (tertiary/aromatic N) is 3.